The van der Waals surface area contributed by atoms with E-state index < -0.39 is 15.1 Å². The van der Waals surface area contributed by atoms with Gasteiger partial charge in [-0.3, -0.25) is 4.79 Å². The SMILES string of the molecule is Cc1ccc(S(=O)(=O)[C@H](C)C(=O)N2C[C@@H](C)O[C@@H](C)C2)c(C)c1. The van der Waals surface area contributed by atoms with Gasteiger partial charge in [0.05, 0.1) is 17.1 Å². The third-order valence-electron chi connectivity index (χ3n) is 4.18. The van der Waals surface area contributed by atoms with Gasteiger partial charge in [-0.2, -0.15) is 0 Å². The molecular weight excluding hydrogens is 314 g/mol. The van der Waals surface area contributed by atoms with Gasteiger partial charge in [-0.25, -0.2) is 8.42 Å². The van der Waals surface area contributed by atoms with Crippen LogP contribution in [0.1, 0.15) is 31.9 Å². The predicted octanol–water partition coefficient (Wildman–Crippen LogP) is 2.10. The monoisotopic (exact) mass is 339 g/mol. The summed E-state index contributed by atoms with van der Waals surface area (Å²) in [5.74, 6) is -0.355. The highest BCUT2D eigenvalue weighted by Crippen LogP contribution is 2.23. The lowest BCUT2D eigenvalue weighted by molar-refractivity contribution is -0.142. The number of aryl methyl sites for hydroxylation is 2. The summed E-state index contributed by atoms with van der Waals surface area (Å²) in [7, 11) is -3.70. The van der Waals surface area contributed by atoms with E-state index in [-0.39, 0.29) is 23.0 Å². The van der Waals surface area contributed by atoms with Crippen molar-refractivity contribution >= 4 is 15.7 Å². The predicted molar refractivity (Wildman–Crippen MR) is 89.2 cm³/mol. The number of benzene rings is 1. The molecule has 0 radical (unpaired) electrons. The van der Waals surface area contributed by atoms with Crippen molar-refractivity contribution in [3.8, 4) is 0 Å². The Morgan fingerprint density at radius 1 is 1.22 bits per heavy atom. The Bertz CT molecular complexity index is 689. The number of rotatable bonds is 3. The molecule has 6 heteroatoms. The van der Waals surface area contributed by atoms with Gasteiger partial charge >= 0.3 is 0 Å². The Morgan fingerprint density at radius 2 is 1.78 bits per heavy atom. The van der Waals surface area contributed by atoms with E-state index in [4.69, 9.17) is 4.74 Å². The first-order valence-electron chi connectivity index (χ1n) is 7.88. The molecule has 0 bridgehead atoms. The van der Waals surface area contributed by atoms with E-state index in [1.807, 2.05) is 26.8 Å². The van der Waals surface area contributed by atoms with E-state index in [0.29, 0.717) is 18.7 Å². The molecule has 23 heavy (non-hydrogen) atoms. The van der Waals surface area contributed by atoms with Crippen LogP contribution in [0.5, 0.6) is 0 Å². The molecule has 5 nitrogen and oxygen atoms in total. The van der Waals surface area contributed by atoms with Crippen LogP contribution < -0.4 is 0 Å². The van der Waals surface area contributed by atoms with Crippen molar-refractivity contribution < 1.29 is 17.9 Å². The summed E-state index contributed by atoms with van der Waals surface area (Å²) in [6, 6.07) is 5.17. The maximum Gasteiger partial charge on any atom is 0.241 e. The van der Waals surface area contributed by atoms with Gasteiger partial charge in [0.2, 0.25) is 5.91 Å². The number of morpholine rings is 1. The highest BCUT2D eigenvalue weighted by atomic mass is 32.2. The van der Waals surface area contributed by atoms with Crippen molar-refractivity contribution in [3.63, 3.8) is 0 Å². The zero-order valence-electron chi connectivity index (χ0n) is 14.4. The normalized spacial score (nSPS) is 23.6. The number of nitrogens with zero attached hydrogens (tertiary/aromatic N) is 1. The number of sulfone groups is 1. The fraction of sp³-hybridized carbons (Fsp3) is 0.588. The van der Waals surface area contributed by atoms with Gasteiger partial charge in [0.1, 0.15) is 5.25 Å². The van der Waals surface area contributed by atoms with Crippen LogP contribution in [0.3, 0.4) is 0 Å². The Hall–Kier alpha value is -1.40. The van der Waals surface area contributed by atoms with Gasteiger partial charge in [0.25, 0.3) is 0 Å². The summed E-state index contributed by atoms with van der Waals surface area (Å²) < 4.78 is 31.3. The van der Waals surface area contributed by atoms with Crippen molar-refractivity contribution in [2.24, 2.45) is 0 Å². The van der Waals surface area contributed by atoms with Crippen LogP contribution in [-0.4, -0.2) is 49.8 Å². The Balaban J connectivity index is 2.27. The molecule has 1 fully saturated rings. The maximum atomic E-state index is 12.8. The molecule has 1 amide bonds. The molecular formula is C17H25NO4S. The average Bonchev–Trinajstić information content (AvgIpc) is 2.44. The Labute approximate surface area is 138 Å². The molecule has 0 spiro atoms. The molecule has 3 atom stereocenters. The van der Waals surface area contributed by atoms with E-state index in [1.165, 1.54) is 6.92 Å². The van der Waals surface area contributed by atoms with Crippen LogP contribution in [0, 0.1) is 13.8 Å². The van der Waals surface area contributed by atoms with Gasteiger partial charge in [-0.15, -0.1) is 0 Å². The fourth-order valence-electron chi connectivity index (χ4n) is 3.06. The van der Waals surface area contributed by atoms with E-state index in [9.17, 15) is 13.2 Å². The van der Waals surface area contributed by atoms with Crippen LogP contribution in [0.2, 0.25) is 0 Å². The van der Waals surface area contributed by atoms with Crippen LogP contribution in [0.15, 0.2) is 23.1 Å². The van der Waals surface area contributed by atoms with Gasteiger partial charge in [-0.05, 0) is 46.2 Å². The molecule has 1 aliphatic rings. The van der Waals surface area contributed by atoms with Gasteiger partial charge in [0, 0.05) is 13.1 Å². The molecule has 128 valence electrons. The first-order valence-corrected chi connectivity index (χ1v) is 9.43. The van der Waals surface area contributed by atoms with Crippen molar-refractivity contribution in [2.75, 3.05) is 13.1 Å². The fourth-order valence-corrected chi connectivity index (χ4v) is 4.62. The minimum Gasteiger partial charge on any atom is -0.372 e. The van der Waals surface area contributed by atoms with E-state index in [0.717, 1.165) is 5.56 Å². The summed E-state index contributed by atoms with van der Waals surface area (Å²) in [6.07, 6.45) is -0.169. The molecule has 0 aliphatic carbocycles. The van der Waals surface area contributed by atoms with Gasteiger partial charge in [0.15, 0.2) is 9.84 Å². The second-order valence-corrected chi connectivity index (χ2v) is 8.69. The summed E-state index contributed by atoms with van der Waals surface area (Å²) >= 11 is 0. The van der Waals surface area contributed by atoms with Crippen molar-refractivity contribution in [1.29, 1.82) is 0 Å². The van der Waals surface area contributed by atoms with E-state index in [2.05, 4.69) is 0 Å². The number of amides is 1. The molecule has 1 aliphatic heterocycles. The maximum absolute atomic E-state index is 12.8. The minimum absolute atomic E-state index is 0.0845. The largest absolute Gasteiger partial charge is 0.372 e. The summed E-state index contributed by atoms with van der Waals surface area (Å²) in [5.41, 5.74) is 1.67. The van der Waals surface area contributed by atoms with Crippen LogP contribution in [-0.2, 0) is 19.4 Å². The van der Waals surface area contributed by atoms with Crippen LogP contribution >= 0.6 is 0 Å². The lowest BCUT2D eigenvalue weighted by atomic mass is 10.2. The minimum atomic E-state index is -3.70. The molecule has 1 aromatic rings. The number of carbonyl (C=O) groups excluding carboxylic acids is 1. The second kappa shape index (κ2) is 6.61. The molecule has 0 N–H and O–H groups in total. The van der Waals surface area contributed by atoms with E-state index in [1.54, 1.807) is 24.0 Å². The molecule has 0 unspecified atom stereocenters. The first kappa shape index (κ1) is 17.9. The zero-order chi connectivity index (χ0) is 17.4. The number of hydrogen-bond acceptors (Lipinski definition) is 4. The van der Waals surface area contributed by atoms with Gasteiger partial charge < -0.3 is 9.64 Å². The van der Waals surface area contributed by atoms with Crippen molar-refractivity contribution in [2.45, 2.75) is 57.0 Å². The number of hydrogen-bond donors (Lipinski definition) is 0. The number of ether oxygens (including phenoxy) is 1. The van der Waals surface area contributed by atoms with Gasteiger partial charge in [-0.1, -0.05) is 17.7 Å². The van der Waals surface area contributed by atoms with Crippen molar-refractivity contribution in [3.05, 3.63) is 29.3 Å². The molecule has 0 aromatic heterocycles. The topological polar surface area (TPSA) is 63.7 Å². The van der Waals surface area contributed by atoms with Crippen LogP contribution in [0.4, 0.5) is 0 Å². The summed E-state index contributed by atoms with van der Waals surface area (Å²) in [4.78, 5) is 14.5. The standard InChI is InChI=1S/C17H25NO4S/c1-11-6-7-16(12(2)8-11)23(20,21)15(5)17(19)18-9-13(3)22-14(4)10-18/h6-8,13-15H,9-10H2,1-5H3/t13-,14+,15-/m1/s1. The quantitative estimate of drug-likeness (QED) is 0.846. The Kier molecular flexibility index (Phi) is 5.16. The third-order valence-corrected chi connectivity index (χ3v) is 6.39. The second-order valence-electron chi connectivity index (χ2n) is 6.46. The van der Waals surface area contributed by atoms with Crippen molar-refractivity contribution in [1.82, 2.24) is 4.90 Å². The van der Waals surface area contributed by atoms with Crippen LogP contribution in [0.25, 0.3) is 0 Å². The third kappa shape index (κ3) is 3.75. The van der Waals surface area contributed by atoms with E-state index >= 15 is 0 Å². The smallest absolute Gasteiger partial charge is 0.241 e. The molecule has 1 aromatic carbocycles. The molecule has 2 rings (SSSR count). The highest BCUT2D eigenvalue weighted by Gasteiger charge is 2.36. The average molecular weight is 339 g/mol. The lowest BCUT2D eigenvalue weighted by Crippen LogP contribution is -2.52. The first-order chi connectivity index (χ1) is 10.6. The molecule has 1 saturated heterocycles. The molecule has 0 saturated carbocycles. The summed E-state index contributed by atoms with van der Waals surface area (Å²) in [5, 5.41) is -1.10. The Morgan fingerprint density at radius 3 is 2.30 bits per heavy atom. The zero-order valence-corrected chi connectivity index (χ0v) is 15.2. The molecule has 1 heterocycles. The lowest BCUT2D eigenvalue weighted by Gasteiger charge is -2.36. The highest BCUT2D eigenvalue weighted by molar-refractivity contribution is 7.92. The summed E-state index contributed by atoms with van der Waals surface area (Å²) in [6.45, 7) is 9.77. The number of carbonyl (C=O) groups is 1.